The number of carbonyl (C=O) groups excluding carboxylic acids is 1. The standard InChI is InChI=1S/C19H30N2O5S/c1-19(2,3)26-18(22)21-13-11-20(12-14-21)10-7-15-25-27(23,24)16-17-8-5-4-6-9-17/h4-6,8-9H,7,10-16H2,1-3H3. The predicted molar refractivity (Wildman–Crippen MR) is 104 cm³/mol. The van der Waals surface area contributed by atoms with Gasteiger partial charge in [-0.1, -0.05) is 30.3 Å². The van der Waals surface area contributed by atoms with Crippen molar-refractivity contribution in [1.82, 2.24) is 9.80 Å². The highest BCUT2D eigenvalue weighted by molar-refractivity contribution is 7.85. The molecule has 1 aromatic carbocycles. The van der Waals surface area contributed by atoms with E-state index in [1.54, 1.807) is 17.0 Å². The molecule has 2 rings (SSSR count). The summed E-state index contributed by atoms with van der Waals surface area (Å²) < 4.78 is 34.5. The molecule has 0 radical (unpaired) electrons. The van der Waals surface area contributed by atoms with Crippen molar-refractivity contribution in [3.8, 4) is 0 Å². The van der Waals surface area contributed by atoms with Gasteiger partial charge in [0.05, 0.1) is 6.61 Å². The summed E-state index contributed by atoms with van der Waals surface area (Å²) in [5, 5.41) is 0. The third kappa shape index (κ3) is 8.28. The van der Waals surface area contributed by atoms with E-state index in [0.29, 0.717) is 19.5 Å². The SMILES string of the molecule is CC(C)(C)OC(=O)N1CCN(CCCOS(=O)(=O)Cc2ccccc2)CC1. The lowest BCUT2D eigenvalue weighted by Gasteiger charge is -2.35. The first-order chi connectivity index (χ1) is 12.6. The van der Waals surface area contributed by atoms with Gasteiger partial charge in [-0.3, -0.25) is 9.08 Å². The first kappa shape index (κ1) is 21.7. The highest BCUT2D eigenvalue weighted by atomic mass is 32.2. The van der Waals surface area contributed by atoms with E-state index in [-0.39, 0.29) is 18.5 Å². The third-order valence-corrected chi connectivity index (χ3v) is 5.30. The number of amides is 1. The summed E-state index contributed by atoms with van der Waals surface area (Å²) in [6.07, 6.45) is 0.345. The van der Waals surface area contributed by atoms with Crippen LogP contribution >= 0.6 is 0 Å². The molecular formula is C19H30N2O5S. The molecule has 0 unspecified atom stereocenters. The quantitative estimate of drug-likeness (QED) is 0.519. The first-order valence-corrected chi connectivity index (χ1v) is 10.8. The zero-order valence-electron chi connectivity index (χ0n) is 16.4. The Morgan fingerprint density at radius 3 is 2.30 bits per heavy atom. The molecule has 1 heterocycles. The Bertz CT molecular complexity index is 693. The van der Waals surface area contributed by atoms with Gasteiger partial charge in [-0.25, -0.2) is 4.79 Å². The number of rotatable bonds is 7. The molecule has 1 fully saturated rings. The number of hydrogen-bond donors (Lipinski definition) is 0. The van der Waals surface area contributed by atoms with Crippen LogP contribution in [0.15, 0.2) is 30.3 Å². The lowest BCUT2D eigenvalue weighted by molar-refractivity contribution is 0.0142. The van der Waals surface area contributed by atoms with Crippen molar-refractivity contribution in [3.63, 3.8) is 0 Å². The molecular weight excluding hydrogens is 368 g/mol. The predicted octanol–water partition coefficient (Wildman–Crippen LogP) is 2.48. The van der Waals surface area contributed by atoms with Crippen LogP contribution in [0.3, 0.4) is 0 Å². The van der Waals surface area contributed by atoms with E-state index in [0.717, 1.165) is 25.2 Å². The van der Waals surface area contributed by atoms with E-state index < -0.39 is 15.7 Å². The Balaban J connectivity index is 1.64. The number of benzene rings is 1. The van der Waals surface area contributed by atoms with Crippen LogP contribution in [-0.2, 0) is 24.8 Å². The van der Waals surface area contributed by atoms with E-state index in [1.165, 1.54) is 0 Å². The Labute approximate surface area is 162 Å². The van der Waals surface area contributed by atoms with Crippen LogP contribution in [0.1, 0.15) is 32.8 Å². The van der Waals surface area contributed by atoms with Crippen LogP contribution in [0, 0.1) is 0 Å². The minimum Gasteiger partial charge on any atom is -0.444 e. The molecule has 0 bridgehead atoms. The van der Waals surface area contributed by atoms with E-state index >= 15 is 0 Å². The lowest BCUT2D eigenvalue weighted by atomic mass is 10.2. The van der Waals surface area contributed by atoms with Crippen LogP contribution in [0.25, 0.3) is 0 Å². The molecule has 8 heteroatoms. The Morgan fingerprint density at radius 1 is 1.07 bits per heavy atom. The maximum absolute atomic E-state index is 12.0. The molecule has 1 aromatic rings. The zero-order valence-corrected chi connectivity index (χ0v) is 17.2. The van der Waals surface area contributed by atoms with Gasteiger partial charge in [-0.2, -0.15) is 8.42 Å². The van der Waals surface area contributed by atoms with Gasteiger partial charge >= 0.3 is 6.09 Å². The fraction of sp³-hybridized carbons (Fsp3) is 0.632. The van der Waals surface area contributed by atoms with Crippen LogP contribution in [0.4, 0.5) is 4.79 Å². The summed E-state index contributed by atoms with van der Waals surface area (Å²) in [7, 11) is -3.56. The molecule has 1 saturated heterocycles. The summed E-state index contributed by atoms with van der Waals surface area (Å²) in [6, 6.07) is 9.00. The molecule has 0 N–H and O–H groups in total. The maximum atomic E-state index is 12.0. The van der Waals surface area contributed by atoms with Gasteiger partial charge in [0, 0.05) is 32.7 Å². The molecule has 1 aliphatic heterocycles. The molecule has 0 spiro atoms. The van der Waals surface area contributed by atoms with E-state index in [9.17, 15) is 13.2 Å². The molecule has 0 atom stereocenters. The average Bonchev–Trinajstić information content (AvgIpc) is 2.58. The van der Waals surface area contributed by atoms with Crippen LogP contribution in [0.2, 0.25) is 0 Å². The smallest absolute Gasteiger partial charge is 0.410 e. The van der Waals surface area contributed by atoms with Gasteiger partial charge in [0.15, 0.2) is 0 Å². The molecule has 0 saturated carbocycles. The minimum atomic E-state index is -3.56. The molecule has 0 aliphatic carbocycles. The van der Waals surface area contributed by atoms with Crippen LogP contribution < -0.4 is 0 Å². The van der Waals surface area contributed by atoms with E-state index in [4.69, 9.17) is 8.92 Å². The second-order valence-corrected chi connectivity index (χ2v) is 9.31. The first-order valence-electron chi connectivity index (χ1n) is 9.26. The van der Waals surface area contributed by atoms with Crippen LogP contribution in [-0.4, -0.2) is 69.2 Å². The van der Waals surface area contributed by atoms with E-state index in [1.807, 2.05) is 39.0 Å². The van der Waals surface area contributed by atoms with Gasteiger partial charge < -0.3 is 9.64 Å². The van der Waals surface area contributed by atoms with Crippen molar-refractivity contribution in [3.05, 3.63) is 35.9 Å². The molecule has 27 heavy (non-hydrogen) atoms. The summed E-state index contributed by atoms with van der Waals surface area (Å²) in [4.78, 5) is 16.0. The van der Waals surface area contributed by atoms with Gasteiger partial charge in [0.1, 0.15) is 11.4 Å². The molecule has 0 aromatic heterocycles. The Kier molecular flexibility index (Phi) is 7.64. The van der Waals surface area contributed by atoms with Crippen molar-refractivity contribution in [2.75, 3.05) is 39.3 Å². The van der Waals surface area contributed by atoms with E-state index in [2.05, 4.69) is 4.90 Å². The van der Waals surface area contributed by atoms with Crippen molar-refractivity contribution >= 4 is 16.2 Å². The summed E-state index contributed by atoms with van der Waals surface area (Å²) in [5.74, 6) is -0.109. The third-order valence-electron chi connectivity index (χ3n) is 4.09. The molecule has 7 nitrogen and oxygen atoms in total. The minimum absolute atomic E-state index is 0.109. The molecule has 1 amide bonds. The number of piperazine rings is 1. The average molecular weight is 399 g/mol. The monoisotopic (exact) mass is 398 g/mol. The second kappa shape index (κ2) is 9.52. The highest BCUT2D eigenvalue weighted by Crippen LogP contribution is 2.12. The van der Waals surface area contributed by atoms with Gasteiger partial charge in [0.2, 0.25) is 0 Å². The van der Waals surface area contributed by atoms with Crippen molar-refractivity contribution in [1.29, 1.82) is 0 Å². The van der Waals surface area contributed by atoms with Gasteiger partial charge in [-0.05, 0) is 32.8 Å². The summed E-state index contributed by atoms with van der Waals surface area (Å²) >= 11 is 0. The van der Waals surface area contributed by atoms with Crippen molar-refractivity contribution < 1.29 is 22.1 Å². The second-order valence-electron chi connectivity index (χ2n) is 7.67. The fourth-order valence-electron chi connectivity index (χ4n) is 2.77. The summed E-state index contributed by atoms with van der Waals surface area (Å²) in [6.45, 7) is 9.19. The van der Waals surface area contributed by atoms with Gasteiger partial charge in [-0.15, -0.1) is 0 Å². The molecule has 1 aliphatic rings. The summed E-state index contributed by atoms with van der Waals surface area (Å²) in [5.41, 5.74) is 0.229. The number of hydrogen-bond acceptors (Lipinski definition) is 6. The molecule has 152 valence electrons. The Morgan fingerprint density at radius 2 is 1.70 bits per heavy atom. The number of ether oxygens (including phenoxy) is 1. The lowest BCUT2D eigenvalue weighted by Crippen LogP contribution is -2.50. The van der Waals surface area contributed by atoms with Crippen LogP contribution in [0.5, 0.6) is 0 Å². The number of nitrogens with zero attached hydrogens (tertiary/aromatic N) is 2. The normalized spacial score (nSPS) is 16.3. The largest absolute Gasteiger partial charge is 0.444 e. The highest BCUT2D eigenvalue weighted by Gasteiger charge is 2.25. The van der Waals surface area contributed by atoms with Crippen molar-refractivity contribution in [2.24, 2.45) is 0 Å². The van der Waals surface area contributed by atoms with Crippen molar-refractivity contribution in [2.45, 2.75) is 38.5 Å². The topological polar surface area (TPSA) is 76.2 Å². The Hall–Kier alpha value is -1.64. The van der Waals surface area contributed by atoms with Gasteiger partial charge in [0.25, 0.3) is 10.1 Å². The maximum Gasteiger partial charge on any atom is 0.410 e. The zero-order chi connectivity index (χ0) is 19.9. The number of carbonyl (C=O) groups is 1. The fourth-order valence-corrected chi connectivity index (χ4v) is 3.83.